The van der Waals surface area contributed by atoms with Gasteiger partial charge in [0.15, 0.2) is 14.4 Å². The number of urea groups is 1. The van der Waals surface area contributed by atoms with Crippen LogP contribution in [0.15, 0.2) is 66.7 Å². The smallest absolute Gasteiger partial charge is 0.479 e. The zero-order valence-electron chi connectivity index (χ0n) is 30.1. The number of hydrogen-bond donors (Lipinski definition) is 5. The van der Waals surface area contributed by atoms with Crippen LogP contribution in [0.5, 0.6) is 5.75 Å². The number of anilines is 1. The minimum Gasteiger partial charge on any atom is -0.479 e. The predicted octanol–water partition coefficient (Wildman–Crippen LogP) is 8.24. The Morgan fingerprint density at radius 3 is 2.06 bits per heavy atom. The topological polar surface area (TPSA) is 146 Å². The van der Waals surface area contributed by atoms with Crippen LogP contribution in [0, 0.1) is 0 Å². The maximum absolute atomic E-state index is 13.5. The van der Waals surface area contributed by atoms with Crippen LogP contribution in [0.25, 0.3) is 0 Å². The number of rotatable bonds is 13. The number of aliphatic carboxylic acids is 1. The van der Waals surface area contributed by atoms with Crippen molar-refractivity contribution in [1.29, 1.82) is 0 Å². The van der Waals surface area contributed by atoms with Crippen molar-refractivity contribution in [2.75, 3.05) is 11.9 Å². The summed E-state index contributed by atoms with van der Waals surface area (Å²) in [4.78, 5) is 37.0. The highest BCUT2D eigenvalue weighted by atomic mass is 28.4. The molecule has 282 valence electrons. The van der Waals surface area contributed by atoms with E-state index in [-0.39, 0.29) is 28.5 Å². The average Bonchev–Trinajstić information content (AvgIpc) is 3.09. The number of carboxylic acids is 1. The number of ether oxygens (including phenoxy) is 1. The van der Waals surface area contributed by atoms with Crippen LogP contribution >= 0.6 is 0 Å². The first kappa shape index (κ1) is 40.4. The van der Waals surface area contributed by atoms with Crippen molar-refractivity contribution >= 4 is 31.9 Å². The SMILES string of the molecule is CC(C)(C)[Si](C)(C)OCc1cc(NC(=O)NC(c2ccc(C(=O)NC[C@@H](O)C(=O)O)cc2)c2ccc(C3CCCCC3)cc2)ccc1OC(F)(F)F. The molecular formula is C38H48F3N3O7Si. The lowest BCUT2D eigenvalue weighted by molar-refractivity contribution is -0.275. The van der Waals surface area contributed by atoms with Crippen LogP contribution in [-0.4, -0.2) is 55.4 Å². The van der Waals surface area contributed by atoms with Gasteiger partial charge in [-0.25, -0.2) is 9.59 Å². The summed E-state index contributed by atoms with van der Waals surface area (Å²) in [5.74, 6) is -2.00. The van der Waals surface area contributed by atoms with Crippen molar-refractivity contribution < 1.29 is 46.9 Å². The number of aliphatic hydroxyl groups excluding tert-OH is 1. The lowest BCUT2D eigenvalue weighted by atomic mass is 9.83. The minimum absolute atomic E-state index is 0.125. The van der Waals surface area contributed by atoms with Crippen LogP contribution in [-0.2, 0) is 15.8 Å². The van der Waals surface area contributed by atoms with E-state index in [4.69, 9.17) is 9.53 Å². The largest absolute Gasteiger partial charge is 0.573 e. The summed E-state index contributed by atoms with van der Waals surface area (Å²) in [7, 11) is -2.35. The third kappa shape index (κ3) is 11.3. The van der Waals surface area contributed by atoms with Crippen LogP contribution in [0.2, 0.25) is 18.1 Å². The van der Waals surface area contributed by atoms with Gasteiger partial charge in [0.2, 0.25) is 0 Å². The highest BCUT2D eigenvalue weighted by Gasteiger charge is 2.38. The molecule has 10 nitrogen and oxygen atoms in total. The van der Waals surface area contributed by atoms with Crippen molar-refractivity contribution in [3.8, 4) is 5.75 Å². The highest BCUT2D eigenvalue weighted by Crippen LogP contribution is 2.39. The number of alkyl halides is 3. The Kier molecular flexibility index (Phi) is 13.2. The van der Waals surface area contributed by atoms with Gasteiger partial charge in [0.25, 0.3) is 5.91 Å². The Balaban J connectivity index is 1.58. The predicted molar refractivity (Wildman–Crippen MR) is 194 cm³/mol. The summed E-state index contributed by atoms with van der Waals surface area (Å²) >= 11 is 0. The molecule has 0 heterocycles. The molecule has 52 heavy (non-hydrogen) atoms. The Morgan fingerprint density at radius 1 is 0.904 bits per heavy atom. The number of carbonyl (C=O) groups is 3. The third-order valence-electron chi connectivity index (χ3n) is 9.81. The summed E-state index contributed by atoms with van der Waals surface area (Å²) in [5.41, 5.74) is 3.16. The molecule has 2 atom stereocenters. The fourth-order valence-corrected chi connectivity index (χ4v) is 6.68. The zero-order chi connectivity index (χ0) is 38.3. The quantitative estimate of drug-likeness (QED) is 0.111. The summed E-state index contributed by atoms with van der Waals surface area (Å²) in [6.45, 7) is 9.40. The molecule has 1 unspecified atom stereocenters. The first-order valence-corrected chi connectivity index (χ1v) is 20.2. The number of halogens is 3. The van der Waals surface area contributed by atoms with Gasteiger partial charge >= 0.3 is 18.4 Å². The van der Waals surface area contributed by atoms with Gasteiger partial charge in [-0.1, -0.05) is 76.4 Å². The Bertz CT molecular complexity index is 1690. The van der Waals surface area contributed by atoms with E-state index in [1.165, 1.54) is 49.1 Å². The van der Waals surface area contributed by atoms with E-state index in [1.807, 2.05) is 46.0 Å². The Morgan fingerprint density at radius 2 is 1.50 bits per heavy atom. The van der Waals surface area contributed by atoms with Crippen molar-refractivity contribution in [1.82, 2.24) is 10.6 Å². The molecule has 0 radical (unpaired) electrons. The average molecular weight is 744 g/mol. The number of benzene rings is 3. The van der Waals surface area contributed by atoms with E-state index in [0.29, 0.717) is 11.5 Å². The first-order valence-electron chi connectivity index (χ1n) is 17.3. The molecular weight excluding hydrogens is 696 g/mol. The fraction of sp³-hybridized carbons (Fsp3) is 0.447. The first-order chi connectivity index (χ1) is 24.3. The molecule has 0 spiro atoms. The monoisotopic (exact) mass is 743 g/mol. The number of nitrogens with one attached hydrogen (secondary N) is 3. The number of amides is 3. The summed E-state index contributed by atoms with van der Waals surface area (Å²) in [6.07, 6.45) is -0.848. The van der Waals surface area contributed by atoms with E-state index in [1.54, 1.807) is 12.1 Å². The van der Waals surface area contributed by atoms with Crippen molar-refractivity contribution in [2.45, 2.75) is 102 Å². The number of carboxylic acid groups (broad SMARTS) is 1. The Hall–Kier alpha value is -4.40. The Labute approximate surface area is 303 Å². The van der Waals surface area contributed by atoms with Crippen LogP contribution in [0.3, 0.4) is 0 Å². The normalized spacial score (nSPS) is 15.3. The van der Waals surface area contributed by atoms with Gasteiger partial charge in [-0.05, 0) is 83.9 Å². The number of hydrogen-bond acceptors (Lipinski definition) is 6. The second-order valence-electron chi connectivity index (χ2n) is 14.6. The van der Waals surface area contributed by atoms with Crippen LogP contribution < -0.4 is 20.7 Å². The third-order valence-corrected chi connectivity index (χ3v) is 14.3. The van der Waals surface area contributed by atoms with Gasteiger partial charge in [0.05, 0.1) is 19.2 Å². The summed E-state index contributed by atoms with van der Waals surface area (Å²) in [6, 6.07) is 16.9. The molecule has 0 bridgehead atoms. The molecule has 1 saturated carbocycles. The van der Waals surface area contributed by atoms with E-state index < -0.39 is 57.0 Å². The summed E-state index contributed by atoms with van der Waals surface area (Å²) in [5, 5.41) is 26.3. The molecule has 0 aromatic heterocycles. The summed E-state index contributed by atoms with van der Waals surface area (Å²) < 4.78 is 50.3. The van der Waals surface area contributed by atoms with Crippen molar-refractivity contribution in [3.05, 3.63) is 94.5 Å². The number of aliphatic hydroxyl groups is 1. The molecule has 0 aliphatic heterocycles. The van der Waals surface area contributed by atoms with E-state index in [9.17, 15) is 32.7 Å². The van der Waals surface area contributed by atoms with Gasteiger partial charge in [-0.2, -0.15) is 0 Å². The van der Waals surface area contributed by atoms with Crippen LogP contribution in [0.4, 0.5) is 23.7 Å². The minimum atomic E-state index is -4.92. The van der Waals surface area contributed by atoms with Gasteiger partial charge in [0, 0.05) is 16.8 Å². The second-order valence-corrected chi connectivity index (χ2v) is 19.4. The van der Waals surface area contributed by atoms with Gasteiger partial charge < -0.3 is 35.3 Å². The zero-order valence-corrected chi connectivity index (χ0v) is 31.1. The maximum Gasteiger partial charge on any atom is 0.573 e. The van der Waals surface area contributed by atoms with E-state index in [0.717, 1.165) is 24.5 Å². The van der Waals surface area contributed by atoms with Crippen molar-refractivity contribution in [3.63, 3.8) is 0 Å². The molecule has 0 saturated heterocycles. The standard InChI is InChI=1S/C38H48F3N3O7Si/c1-37(2,3)52(4,5)50-23-29-21-30(19-20-32(29)51-38(39,40)41)43-36(49)44-33(26-13-11-25(12-14-26)24-9-7-6-8-10-24)27-15-17-28(18-16-27)34(46)42-22-31(45)35(47)48/h11-21,24,31,33,45H,6-10,22-23H2,1-5H3,(H,42,46)(H,47,48)(H2,43,44,49)/t31-,33?/m1/s1. The maximum atomic E-state index is 13.5. The fourth-order valence-electron chi connectivity index (χ4n) is 5.73. The van der Waals surface area contributed by atoms with Crippen molar-refractivity contribution in [2.24, 2.45) is 0 Å². The van der Waals surface area contributed by atoms with E-state index in [2.05, 4.69) is 32.8 Å². The molecule has 14 heteroatoms. The van der Waals surface area contributed by atoms with Gasteiger partial charge in [-0.3, -0.25) is 4.79 Å². The molecule has 5 N–H and O–H groups in total. The molecule has 3 aromatic rings. The highest BCUT2D eigenvalue weighted by molar-refractivity contribution is 6.74. The lowest BCUT2D eigenvalue weighted by Gasteiger charge is -2.36. The molecule has 3 aromatic carbocycles. The lowest BCUT2D eigenvalue weighted by Crippen LogP contribution is -2.40. The molecule has 1 aliphatic carbocycles. The molecule has 1 aliphatic rings. The number of carbonyl (C=O) groups excluding carboxylic acids is 2. The second kappa shape index (κ2) is 17.0. The van der Waals surface area contributed by atoms with Gasteiger partial charge in [-0.15, -0.1) is 13.2 Å². The molecule has 4 rings (SSSR count). The molecule has 1 fully saturated rings. The van der Waals surface area contributed by atoms with Gasteiger partial charge in [0.1, 0.15) is 5.75 Å². The van der Waals surface area contributed by atoms with Crippen LogP contribution in [0.1, 0.15) is 97.4 Å². The van der Waals surface area contributed by atoms with E-state index >= 15 is 0 Å². The molecule has 3 amide bonds.